The zero-order chi connectivity index (χ0) is 19.2. The van der Waals surface area contributed by atoms with Crippen molar-refractivity contribution in [2.75, 3.05) is 27.3 Å². The van der Waals surface area contributed by atoms with E-state index in [9.17, 15) is 13.2 Å². The lowest BCUT2D eigenvalue weighted by Crippen LogP contribution is -2.27. The maximum Gasteiger partial charge on any atom is 0.276 e. The minimum atomic E-state index is -3.68. The molecular weight excluding hydrogens is 380 g/mol. The minimum Gasteiger partial charge on any atom is -0.491 e. The number of amides is 1. The lowest BCUT2D eigenvalue weighted by molar-refractivity contribution is 0.0200. The van der Waals surface area contributed by atoms with Crippen LogP contribution in [0.25, 0.3) is 0 Å². The zero-order valence-corrected chi connectivity index (χ0v) is 15.9. The van der Waals surface area contributed by atoms with Gasteiger partial charge >= 0.3 is 0 Å². The van der Waals surface area contributed by atoms with Gasteiger partial charge in [-0.3, -0.25) is 9.63 Å². The van der Waals surface area contributed by atoms with E-state index in [0.717, 1.165) is 4.31 Å². The second kappa shape index (κ2) is 9.00. The highest BCUT2D eigenvalue weighted by molar-refractivity contribution is 7.89. The van der Waals surface area contributed by atoms with Crippen molar-refractivity contribution in [1.29, 1.82) is 0 Å². The molecule has 0 heterocycles. The molecule has 0 saturated heterocycles. The third-order valence-corrected chi connectivity index (χ3v) is 5.46. The zero-order valence-electron chi connectivity index (χ0n) is 14.3. The van der Waals surface area contributed by atoms with Crippen LogP contribution in [-0.4, -0.2) is 45.9 Å². The predicted octanol–water partition coefficient (Wildman–Crippen LogP) is 2.33. The monoisotopic (exact) mass is 398 g/mol. The molecule has 0 aliphatic rings. The van der Waals surface area contributed by atoms with E-state index in [4.69, 9.17) is 21.2 Å². The summed E-state index contributed by atoms with van der Waals surface area (Å²) in [4.78, 5) is 17.2. The van der Waals surface area contributed by atoms with Gasteiger partial charge < -0.3 is 4.74 Å². The molecule has 0 spiro atoms. The van der Waals surface area contributed by atoms with Gasteiger partial charge in [-0.15, -0.1) is 0 Å². The second-order valence-electron chi connectivity index (χ2n) is 5.37. The number of hydroxylamine groups is 1. The average Bonchev–Trinajstić information content (AvgIpc) is 2.62. The number of carbonyl (C=O) groups is 1. The third-order valence-electron chi connectivity index (χ3n) is 3.32. The molecule has 1 amide bonds. The molecule has 7 nitrogen and oxygen atoms in total. The molecule has 26 heavy (non-hydrogen) atoms. The van der Waals surface area contributed by atoms with Crippen molar-refractivity contribution in [3.63, 3.8) is 0 Å². The molecule has 0 saturated carbocycles. The normalized spacial score (nSPS) is 11.4. The minimum absolute atomic E-state index is 0.00132. The van der Waals surface area contributed by atoms with Crippen LogP contribution < -0.4 is 10.2 Å². The Morgan fingerprint density at radius 2 is 1.81 bits per heavy atom. The standard InChI is InChI=1S/C17H19ClN2O5S/c1-20(2)26(22,23)14-8-9-16(18)15(12-14)17(21)19-25-11-10-24-13-6-4-3-5-7-13/h3-9,12H,10-11H2,1-2H3,(H,19,21). The molecule has 9 heteroatoms. The van der Waals surface area contributed by atoms with Crippen LogP contribution in [0.5, 0.6) is 5.75 Å². The highest BCUT2D eigenvalue weighted by atomic mass is 35.5. The number of nitrogens with zero attached hydrogens (tertiary/aromatic N) is 1. The molecule has 0 bridgehead atoms. The van der Waals surface area contributed by atoms with Crippen LogP contribution in [0.2, 0.25) is 5.02 Å². The van der Waals surface area contributed by atoms with Crippen molar-refractivity contribution in [2.45, 2.75) is 4.90 Å². The summed E-state index contributed by atoms with van der Waals surface area (Å²) < 4.78 is 30.8. The van der Waals surface area contributed by atoms with Gasteiger partial charge in [-0.05, 0) is 30.3 Å². The average molecular weight is 399 g/mol. The maximum atomic E-state index is 12.2. The van der Waals surface area contributed by atoms with E-state index in [2.05, 4.69) is 5.48 Å². The summed E-state index contributed by atoms with van der Waals surface area (Å²) in [7, 11) is -0.871. The van der Waals surface area contributed by atoms with Gasteiger partial charge in [-0.2, -0.15) is 0 Å². The molecule has 0 radical (unpaired) electrons. The first-order chi connectivity index (χ1) is 12.3. The number of ether oxygens (including phenoxy) is 1. The largest absolute Gasteiger partial charge is 0.491 e. The quantitative estimate of drug-likeness (QED) is 0.545. The second-order valence-corrected chi connectivity index (χ2v) is 7.93. The fourth-order valence-electron chi connectivity index (χ4n) is 1.94. The number of rotatable bonds is 8. The number of hydrogen-bond acceptors (Lipinski definition) is 5. The summed E-state index contributed by atoms with van der Waals surface area (Å²) in [6.45, 7) is 0.334. The van der Waals surface area contributed by atoms with Crippen LogP contribution in [0.4, 0.5) is 0 Å². The molecule has 0 aliphatic carbocycles. The van der Waals surface area contributed by atoms with Gasteiger partial charge in [0.05, 0.1) is 15.5 Å². The van der Waals surface area contributed by atoms with Crippen molar-refractivity contribution < 1.29 is 22.8 Å². The molecule has 2 aromatic carbocycles. The number of sulfonamides is 1. The Labute approximate surface area is 157 Å². The summed E-state index contributed by atoms with van der Waals surface area (Å²) in [5.74, 6) is 0.0394. The molecule has 2 aromatic rings. The molecule has 2 rings (SSSR count). The summed E-state index contributed by atoms with van der Waals surface area (Å²) in [5.41, 5.74) is 2.22. The third kappa shape index (κ3) is 5.18. The SMILES string of the molecule is CN(C)S(=O)(=O)c1ccc(Cl)c(C(=O)NOCCOc2ccccc2)c1. The van der Waals surface area contributed by atoms with Crippen LogP contribution in [0.15, 0.2) is 53.4 Å². The van der Waals surface area contributed by atoms with Crippen molar-refractivity contribution >= 4 is 27.5 Å². The van der Waals surface area contributed by atoms with Gasteiger partial charge in [0.15, 0.2) is 0 Å². The smallest absolute Gasteiger partial charge is 0.276 e. The van der Waals surface area contributed by atoms with Crippen molar-refractivity contribution in [3.8, 4) is 5.75 Å². The fraction of sp³-hybridized carbons (Fsp3) is 0.235. The molecule has 0 fully saturated rings. The Morgan fingerprint density at radius 3 is 2.46 bits per heavy atom. The van der Waals surface area contributed by atoms with Crippen LogP contribution in [0.1, 0.15) is 10.4 Å². The Hall–Kier alpha value is -2.13. The van der Waals surface area contributed by atoms with Crippen LogP contribution >= 0.6 is 11.6 Å². The van der Waals surface area contributed by atoms with E-state index in [-0.39, 0.29) is 28.7 Å². The number of halogens is 1. The maximum absolute atomic E-state index is 12.2. The Balaban J connectivity index is 1.93. The van der Waals surface area contributed by atoms with Gasteiger partial charge in [0.25, 0.3) is 5.91 Å². The van der Waals surface area contributed by atoms with E-state index in [1.165, 1.54) is 32.3 Å². The lowest BCUT2D eigenvalue weighted by atomic mass is 10.2. The lowest BCUT2D eigenvalue weighted by Gasteiger charge is -2.13. The van der Waals surface area contributed by atoms with E-state index < -0.39 is 15.9 Å². The highest BCUT2D eigenvalue weighted by Crippen LogP contribution is 2.22. The number of hydrogen-bond donors (Lipinski definition) is 1. The summed E-state index contributed by atoms with van der Waals surface area (Å²) in [6.07, 6.45) is 0. The predicted molar refractivity (Wildman–Crippen MR) is 97.7 cm³/mol. The van der Waals surface area contributed by atoms with E-state index in [1.54, 1.807) is 12.1 Å². The number of nitrogens with one attached hydrogen (secondary N) is 1. The summed E-state index contributed by atoms with van der Waals surface area (Å²) >= 11 is 5.99. The van der Waals surface area contributed by atoms with Crippen molar-refractivity contribution in [3.05, 3.63) is 59.1 Å². The van der Waals surface area contributed by atoms with Gasteiger partial charge in [0.1, 0.15) is 19.0 Å². The van der Waals surface area contributed by atoms with Crippen LogP contribution in [0.3, 0.4) is 0 Å². The van der Waals surface area contributed by atoms with E-state index in [1.807, 2.05) is 18.2 Å². The van der Waals surface area contributed by atoms with Crippen molar-refractivity contribution in [1.82, 2.24) is 9.79 Å². The van der Waals surface area contributed by atoms with Gasteiger partial charge in [-0.25, -0.2) is 18.2 Å². The van der Waals surface area contributed by atoms with Gasteiger partial charge in [-0.1, -0.05) is 29.8 Å². The molecule has 140 valence electrons. The molecule has 0 unspecified atom stereocenters. The Bertz CT molecular complexity index is 857. The number of carbonyl (C=O) groups excluding carboxylic acids is 1. The molecule has 1 N–H and O–H groups in total. The summed E-state index contributed by atoms with van der Waals surface area (Å²) in [5, 5.41) is 0.115. The molecule has 0 aromatic heterocycles. The number of benzene rings is 2. The topological polar surface area (TPSA) is 84.9 Å². The van der Waals surface area contributed by atoms with Crippen molar-refractivity contribution in [2.24, 2.45) is 0 Å². The van der Waals surface area contributed by atoms with Crippen LogP contribution in [0, 0.1) is 0 Å². The summed E-state index contributed by atoms with van der Waals surface area (Å²) in [6, 6.07) is 13.1. The van der Waals surface area contributed by atoms with E-state index >= 15 is 0 Å². The van der Waals surface area contributed by atoms with Gasteiger partial charge in [0, 0.05) is 14.1 Å². The first-order valence-corrected chi connectivity index (χ1v) is 9.46. The fourth-order valence-corrected chi connectivity index (χ4v) is 3.07. The molecular formula is C17H19ClN2O5S. The molecule has 0 atom stereocenters. The van der Waals surface area contributed by atoms with Gasteiger partial charge in [0.2, 0.25) is 10.0 Å². The van der Waals surface area contributed by atoms with E-state index in [0.29, 0.717) is 5.75 Å². The highest BCUT2D eigenvalue weighted by Gasteiger charge is 2.20. The Kier molecular flexibility index (Phi) is 6.98. The Morgan fingerprint density at radius 1 is 1.12 bits per heavy atom. The number of para-hydroxylation sites is 1. The molecule has 0 aliphatic heterocycles. The van der Waals surface area contributed by atoms with Crippen LogP contribution in [-0.2, 0) is 14.9 Å². The first kappa shape index (κ1) is 20.2. The first-order valence-electron chi connectivity index (χ1n) is 7.64.